The van der Waals surface area contributed by atoms with Gasteiger partial charge in [0.2, 0.25) is 0 Å². The Balaban J connectivity index is 3.17. The van der Waals surface area contributed by atoms with Crippen molar-refractivity contribution >= 4 is 31.0 Å². The Morgan fingerprint density at radius 3 is 2.10 bits per heavy atom. The predicted octanol–water partition coefficient (Wildman–Crippen LogP) is 2.06. The summed E-state index contributed by atoms with van der Waals surface area (Å²) in [4.78, 5) is 3.77. The molecule has 0 bridgehead atoms. The highest BCUT2D eigenvalue weighted by atomic mass is 35.5. The van der Waals surface area contributed by atoms with Crippen LogP contribution in [0.25, 0.3) is 0 Å². The van der Waals surface area contributed by atoms with Gasteiger partial charge in [-0.2, -0.15) is 0 Å². The maximum Gasteiger partial charge on any atom is 0.0718 e. The average molecular weight is 172 g/mol. The molecule has 1 heterocycles. The van der Waals surface area contributed by atoms with Crippen LogP contribution in [-0.4, -0.2) is 12.8 Å². The third-order valence-corrected chi connectivity index (χ3v) is 1.81. The van der Waals surface area contributed by atoms with Gasteiger partial charge in [0.15, 0.2) is 0 Å². The number of rotatable bonds is 1. The molecule has 50 valence electrons. The molecule has 0 aliphatic rings. The van der Waals surface area contributed by atoms with Crippen LogP contribution in [0.15, 0.2) is 12.4 Å². The van der Waals surface area contributed by atoms with E-state index in [1.165, 1.54) is 12.4 Å². The van der Waals surface area contributed by atoms with Crippen molar-refractivity contribution in [2.24, 2.45) is 0 Å². The molecule has 1 rings (SSSR count). The first-order chi connectivity index (χ1) is 4.75. The molecule has 1 aromatic heterocycles. The van der Waals surface area contributed by atoms with Crippen molar-refractivity contribution in [2.75, 3.05) is 0 Å². The highest BCUT2D eigenvalue weighted by molar-refractivity contribution is 6.36. The molecule has 0 aliphatic heterocycles. The normalized spacial score (nSPS) is 9.80. The minimum Gasteiger partial charge on any atom is -0.262 e. The summed E-state index contributed by atoms with van der Waals surface area (Å²) in [5.41, 5.74) is 0.748. The Bertz CT molecular complexity index is 219. The van der Waals surface area contributed by atoms with Crippen LogP contribution in [0, 0.1) is 0 Å². The predicted molar refractivity (Wildman–Crippen MR) is 43.7 cm³/mol. The second kappa shape index (κ2) is 3.26. The molecule has 0 spiro atoms. The summed E-state index contributed by atoms with van der Waals surface area (Å²) in [7, 11) is 5.35. The molecule has 0 amide bonds. The van der Waals surface area contributed by atoms with Gasteiger partial charge in [-0.3, -0.25) is 4.98 Å². The topological polar surface area (TPSA) is 12.9 Å². The van der Waals surface area contributed by atoms with Gasteiger partial charge in [0.05, 0.1) is 17.9 Å². The van der Waals surface area contributed by atoms with Crippen molar-refractivity contribution < 1.29 is 0 Å². The summed E-state index contributed by atoms with van der Waals surface area (Å²) in [5.74, 6) is 0. The van der Waals surface area contributed by atoms with E-state index < -0.39 is 0 Å². The van der Waals surface area contributed by atoms with Gasteiger partial charge in [-0.25, -0.2) is 0 Å². The summed E-state index contributed by atoms with van der Waals surface area (Å²) in [6, 6.07) is 0. The van der Waals surface area contributed by atoms with Crippen LogP contribution in [0.1, 0.15) is 5.56 Å². The van der Waals surface area contributed by atoms with Gasteiger partial charge in [0, 0.05) is 12.4 Å². The fourth-order valence-corrected chi connectivity index (χ4v) is 1.15. The monoisotopic (exact) mass is 171 g/mol. The van der Waals surface area contributed by atoms with Crippen LogP contribution in [0.2, 0.25) is 10.0 Å². The molecular formula is C6H4BCl2N. The van der Waals surface area contributed by atoms with E-state index in [1.54, 1.807) is 0 Å². The van der Waals surface area contributed by atoms with Crippen molar-refractivity contribution in [1.29, 1.82) is 0 Å². The molecule has 0 aliphatic carbocycles. The van der Waals surface area contributed by atoms with Crippen LogP contribution in [0.4, 0.5) is 0 Å². The second-order valence-corrected chi connectivity index (χ2v) is 2.60. The molecule has 0 fully saturated rings. The Labute approximate surface area is 70.8 Å². The minimum atomic E-state index is 0.347. The van der Waals surface area contributed by atoms with Crippen molar-refractivity contribution in [3.8, 4) is 0 Å². The van der Waals surface area contributed by atoms with Gasteiger partial charge in [-0.15, -0.1) is 0 Å². The van der Waals surface area contributed by atoms with Crippen molar-refractivity contribution in [3.63, 3.8) is 0 Å². The molecule has 1 aromatic rings. The first-order valence-corrected chi connectivity index (χ1v) is 3.49. The standard InChI is InChI=1S/C6H4BCl2N/c7-1-4-5(8)2-10-3-6(4)9/h2-3H,1H2. The van der Waals surface area contributed by atoms with E-state index in [1.807, 2.05) is 0 Å². The zero-order valence-corrected chi connectivity index (χ0v) is 6.65. The van der Waals surface area contributed by atoms with Crippen LogP contribution < -0.4 is 0 Å². The molecule has 0 N–H and O–H groups in total. The molecule has 4 heteroatoms. The van der Waals surface area contributed by atoms with Crippen LogP contribution in [0.3, 0.4) is 0 Å². The molecule has 0 saturated heterocycles. The van der Waals surface area contributed by atoms with Crippen molar-refractivity contribution in [1.82, 2.24) is 4.98 Å². The fourth-order valence-electron chi connectivity index (χ4n) is 0.633. The lowest BCUT2D eigenvalue weighted by Crippen LogP contribution is -1.87. The summed E-state index contributed by atoms with van der Waals surface area (Å²) in [5, 5.41) is 1.05. The van der Waals surface area contributed by atoms with Gasteiger partial charge in [0.1, 0.15) is 0 Å². The lowest BCUT2D eigenvalue weighted by molar-refractivity contribution is 1.27. The number of hydrogen-bond donors (Lipinski definition) is 0. The Morgan fingerprint density at radius 1 is 1.30 bits per heavy atom. The second-order valence-electron chi connectivity index (χ2n) is 1.79. The highest BCUT2D eigenvalue weighted by Gasteiger charge is 2.01. The molecule has 0 unspecified atom stereocenters. The quantitative estimate of drug-likeness (QED) is 0.590. The van der Waals surface area contributed by atoms with Gasteiger partial charge in [0.25, 0.3) is 0 Å². The van der Waals surface area contributed by atoms with E-state index in [0.29, 0.717) is 16.4 Å². The van der Waals surface area contributed by atoms with Gasteiger partial charge >= 0.3 is 0 Å². The smallest absolute Gasteiger partial charge is 0.0718 e. The van der Waals surface area contributed by atoms with Gasteiger partial charge in [-0.1, -0.05) is 29.5 Å². The van der Waals surface area contributed by atoms with E-state index in [4.69, 9.17) is 31.0 Å². The Morgan fingerprint density at radius 2 is 1.80 bits per heavy atom. The minimum absolute atomic E-state index is 0.347. The maximum atomic E-state index is 5.70. The Hall–Kier alpha value is -0.205. The molecule has 0 saturated carbocycles. The molecular weight excluding hydrogens is 168 g/mol. The average Bonchev–Trinajstić information content (AvgIpc) is 1.88. The van der Waals surface area contributed by atoms with E-state index in [-0.39, 0.29) is 0 Å². The summed E-state index contributed by atoms with van der Waals surface area (Å²) < 4.78 is 0. The van der Waals surface area contributed by atoms with Crippen LogP contribution in [-0.2, 0) is 6.32 Å². The van der Waals surface area contributed by atoms with Crippen LogP contribution in [0.5, 0.6) is 0 Å². The van der Waals surface area contributed by atoms with Crippen molar-refractivity contribution in [3.05, 3.63) is 28.0 Å². The summed E-state index contributed by atoms with van der Waals surface area (Å²) >= 11 is 11.4. The lowest BCUT2D eigenvalue weighted by atomic mass is 9.98. The number of nitrogens with zero attached hydrogens (tertiary/aromatic N) is 1. The number of halogens is 2. The molecule has 0 atom stereocenters. The van der Waals surface area contributed by atoms with Crippen molar-refractivity contribution in [2.45, 2.75) is 6.32 Å². The van der Waals surface area contributed by atoms with E-state index >= 15 is 0 Å². The zero-order valence-electron chi connectivity index (χ0n) is 5.14. The fraction of sp³-hybridized carbons (Fsp3) is 0.167. The third kappa shape index (κ3) is 1.44. The molecule has 2 radical (unpaired) electrons. The SMILES string of the molecule is [B]Cc1c(Cl)cncc1Cl. The van der Waals surface area contributed by atoms with E-state index in [0.717, 1.165) is 5.56 Å². The molecule has 0 aromatic carbocycles. The van der Waals surface area contributed by atoms with E-state index in [9.17, 15) is 0 Å². The molecule has 10 heavy (non-hydrogen) atoms. The first-order valence-electron chi connectivity index (χ1n) is 2.73. The summed E-state index contributed by atoms with van der Waals surface area (Å²) in [6.45, 7) is 0. The first kappa shape index (κ1) is 7.90. The van der Waals surface area contributed by atoms with E-state index in [2.05, 4.69) is 4.98 Å². The Kier molecular flexibility index (Phi) is 2.58. The van der Waals surface area contributed by atoms with Gasteiger partial charge < -0.3 is 0 Å². The number of pyridine rings is 1. The molecule has 1 nitrogen and oxygen atoms in total. The van der Waals surface area contributed by atoms with Crippen LogP contribution >= 0.6 is 23.2 Å². The zero-order chi connectivity index (χ0) is 7.56. The number of aromatic nitrogens is 1. The highest BCUT2D eigenvalue weighted by Crippen LogP contribution is 2.21. The van der Waals surface area contributed by atoms with Gasteiger partial charge in [-0.05, 0) is 5.56 Å². The lowest BCUT2D eigenvalue weighted by Gasteiger charge is -2.00. The maximum absolute atomic E-state index is 5.70. The number of hydrogen-bond acceptors (Lipinski definition) is 1. The third-order valence-electron chi connectivity index (χ3n) is 1.16. The summed E-state index contributed by atoms with van der Waals surface area (Å²) in [6.07, 6.45) is 3.39. The largest absolute Gasteiger partial charge is 0.262 e.